The van der Waals surface area contributed by atoms with Crippen molar-refractivity contribution < 1.29 is 5.11 Å². The normalized spacial score (nSPS) is 14.3. The van der Waals surface area contributed by atoms with E-state index in [1.165, 1.54) is 9.35 Å². The van der Waals surface area contributed by atoms with E-state index in [-0.39, 0.29) is 11.5 Å². The van der Waals surface area contributed by atoms with Gasteiger partial charge in [-0.15, -0.1) is 11.3 Å². The molecular weight excluding hydrogens is 298 g/mol. The van der Waals surface area contributed by atoms with Crippen LogP contribution in [0.2, 0.25) is 0 Å². The molecule has 1 rings (SSSR count). The van der Waals surface area contributed by atoms with Crippen LogP contribution in [0.5, 0.6) is 0 Å². The molecule has 0 fully saturated rings. The van der Waals surface area contributed by atoms with Gasteiger partial charge in [0.2, 0.25) is 0 Å². The number of rotatable bonds is 5. The summed E-state index contributed by atoms with van der Waals surface area (Å²) in [5, 5.41) is 12.1. The van der Waals surface area contributed by atoms with Crippen molar-refractivity contribution in [3.8, 4) is 0 Å². The molecule has 17 heavy (non-hydrogen) atoms. The van der Waals surface area contributed by atoms with E-state index >= 15 is 0 Å². The van der Waals surface area contributed by atoms with Crippen molar-refractivity contribution in [2.45, 2.75) is 39.8 Å². The number of nitrogens with zero attached hydrogens (tertiary/aromatic N) is 1. The fourth-order valence-corrected chi connectivity index (χ4v) is 2.80. The summed E-state index contributed by atoms with van der Waals surface area (Å²) in [7, 11) is 2.10. The third-order valence-electron chi connectivity index (χ3n) is 2.86. The zero-order valence-electron chi connectivity index (χ0n) is 11.0. The Balaban J connectivity index is 2.33. The minimum absolute atomic E-state index is 0.0216. The van der Waals surface area contributed by atoms with Crippen molar-refractivity contribution >= 4 is 27.3 Å². The first-order chi connectivity index (χ1) is 7.79. The van der Waals surface area contributed by atoms with E-state index in [0.717, 1.165) is 19.5 Å². The summed E-state index contributed by atoms with van der Waals surface area (Å²) in [6.45, 7) is 8.10. The van der Waals surface area contributed by atoms with Crippen LogP contribution in [0.15, 0.2) is 15.2 Å². The van der Waals surface area contributed by atoms with Crippen molar-refractivity contribution in [1.29, 1.82) is 0 Å². The Morgan fingerprint density at radius 1 is 1.47 bits per heavy atom. The van der Waals surface area contributed by atoms with Gasteiger partial charge in [0.05, 0.1) is 9.89 Å². The van der Waals surface area contributed by atoms with Crippen LogP contribution in [0.4, 0.5) is 0 Å². The van der Waals surface area contributed by atoms with E-state index in [2.05, 4.69) is 60.1 Å². The molecule has 0 saturated heterocycles. The first kappa shape index (κ1) is 15.2. The van der Waals surface area contributed by atoms with Gasteiger partial charge in [0.15, 0.2) is 0 Å². The molecule has 1 unspecified atom stereocenters. The van der Waals surface area contributed by atoms with Gasteiger partial charge >= 0.3 is 0 Å². The predicted octanol–water partition coefficient (Wildman–Crippen LogP) is 3.74. The lowest BCUT2D eigenvalue weighted by Gasteiger charge is -2.27. The molecule has 4 heteroatoms. The zero-order chi connectivity index (χ0) is 13.1. The SMILES string of the molecule is CN(CCC(O)C(C)(C)C)Cc1csc(Br)c1. The Morgan fingerprint density at radius 3 is 2.59 bits per heavy atom. The third kappa shape index (κ3) is 5.51. The van der Waals surface area contributed by atoms with E-state index in [1.807, 2.05) is 0 Å². The van der Waals surface area contributed by atoms with Gasteiger partial charge in [0, 0.05) is 13.1 Å². The second-order valence-corrected chi connectivity index (χ2v) is 7.96. The van der Waals surface area contributed by atoms with Crippen LogP contribution in [-0.4, -0.2) is 29.7 Å². The van der Waals surface area contributed by atoms with Crippen molar-refractivity contribution in [3.63, 3.8) is 0 Å². The van der Waals surface area contributed by atoms with Crippen molar-refractivity contribution in [3.05, 3.63) is 20.8 Å². The highest BCUT2D eigenvalue weighted by atomic mass is 79.9. The highest BCUT2D eigenvalue weighted by Crippen LogP contribution is 2.23. The van der Waals surface area contributed by atoms with Gasteiger partial charge < -0.3 is 10.0 Å². The Bertz CT molecular complexity index is 345. The molecule has 0 amide bonds. The quantitative estimate of drug-likeness (QED) is 0.893. The summed E-state index contributed by atoms with van der Waals surface area (Å²) in [6.07, 6.45) is 0.588. The first-order valence-electron chi connectivity index (χ1n) is 5.88. The third-order valence-corrected chi connectivity index (χ3v) is 4.41. The van der Waals surface area contributed by atoms with Crippen LogP contribution in [0, 0.1) is 5.41 Å². The molecule has 2 nitrogen and oxygen atoms in total. The van der Waals surface area contributed by atoms with Crippen LogP contribution in [-0.2, 0) is 6.54 Å². The number of hydrogen-bond donors (Lipinski definition) is 1. The van der Waals surface area contributed by atoms with E-state index in [1.54, 1.807) is 11.3 Å². The smallest absolute Gasteiger partial charge is 0.0701 e. The lowest BCUT2D eigenvalue weighted by molar-refractivity contribution is 0.0473. The first-order valence-corrected chi connectivity index (χ1v) is 7.56. The summed E-state index contributed by atoms with van der Waals surface area (Å²) < 4.78 is 1.18. The molecule has 0 aliphatic heterocycles. The van der Waals surface area contributed by atoms with Gasteiger partial charge in [0.25, 0.3) is 0 Å². The Morgan fingerprint density at radius 2 is 2.12 bits per heavy atom. The van der Waals surface area contributed by atoms with Crippen LogP contribution >= 0.6 is 27.3 Å². The minimum atomic E-state index is -0.237. The lowest BCUT2D eigenvalue weighted by atomic mass is 9.87. The Kier molecular flexibility index (Phi) is 5.64. The standard InChI is InChI=1S/C13H22BrNOS/c1-13(2,3)11(16)5-6-15(4)8-10-7-12(14)17-9-10/h7,9,11,16H,5-6,8H2,1-4H3. The lowest BCUT2D eigenvalue weighted by Crippen LogP contribution is -2.30. The summed E-state index contributed by atoms with van der Waals surface area (Å²) in [5.74, 6) is 0. The molecule has 0 aliphatic rings. The maximum Gasteiger partial charge on any atom is 0.0701 e. The maximum atomic E-state index is 9.97. The van der Waals surface area contributed by atoms with E-state index < -0.39 is 0 Å². The molecule has 1 N–H and O–H groups in total. The van der Waals surface area contributed by atoms with Gasteiger partial charge in [-0.1, -0.05) is 20.8 Å². The summed E-state index contributed by atoms with van der Waals surface area (Å²) >= 11 is 5.19. The van der Waals surface area contributed by atoms with E-state index in [4.69, 9.17) is 0 Å². The fourth-order valence-electron chi connectivity index (χ4n) is 1.60. The minimum Gasteiger partial charge on any atom is -0.393 e. The molecule has 0 saturated carbocycles. The molecular formula is C13H22BrNOS. The number of halogens is 1. The zero-order valence-corrected chi connectivity index (χ0v) is 13.4. The van der Waals surface area contributed by atoms with Gasteiger partial charge in [-0.25, -0.2) is 0 Å². The maximum absolute atomic E-state index is 9.97. The molecule has 1 aromatic heterocycles. The largest absolute Gasteiger partial charge is 0.393 e. The summed E-state index contributed by atoms with van der Waals surface area (Å²) in [6, 6.07) is 2.15. The second kappa shape index (κ2) is 6.32. The molecule has 0 spiro atoms. The number of thiophene rings is 1. The van der Waals surface area contributed by atoms with Crippen LogP contribution in [0.1, 0.15) is 32.8 Å². The number of aliphatic hydroxyl groups is 1. The fraction of sp³-hybridized carbons (Fsp3) is 0.692. The average molecular weight is 320 g/mol. The molecule has 1 atom stereocenters. The second-order valence-electron chi connectivity index (χ2n) is 5.67. The van der Waals surface area contributed by atoms with E-state index in [0.29, 0.717) is 0 Å². The van der Waals surface area contributed by atoms with Crippen LogP contribution < -0.4 is 0 Å². The predicted molar refractivity (Wildman–Crippen MR) is 78.4 cm³/mol. The highest BCUT2D eigenvalue weighted by Gasteiger charge is 2.21. The topological polar surface area (TPSA) is 23.5 Å². The molecule has 1 aromatic rings. The number of aliphatic hydroxyl groups excluding tert-OH is 1. The molecule has 0 aromatic carbocycles. The van der Waals surface area contributed by atoms with Crippen molar-refractivity contribution in [2.75, 3.05) is 13.6 Å². The summed E-state index contributed by atoms with van der Waals surface area (Å²) in [4.78, 5) is 2.25. The molecule has 0 aliphatic carbocycles. The van der Waals surface area contributed by atoms with E-state index in [9.17, 15) is 5.11 Å². The van der Waals surface area contributed by atoms with Gasteiger partial charge in [-0.2, -0.15) is 0 Å². The van der Waals surface area contributed by atoms with Gasteiger partial charge in [0.1, 0.15) is 0 Å². The van der Waals surface area contributed by atoms with Crippen LogP contribution in [0.3, 0.4) is 0 Å². The van der Waals surface area contributed by atoms with Crippen LogP contribution in [0.25, 0.3) is 0 Å². The monoisotopic (exact) mass is 319 g/mol. The molecule has 0 bridgehead atoms. The average Bonchev–Trinajstić information content (AvgIpc) is 2.58. The summed E-state index contributed by atoms with van der Waals surface area (Å²) in [5.41, 5.74) is 1.31. The Labute approximate surface area is 117 Å². The van der Waals surface area contributed by atoms with Crippen molar-refractivity contribution in [1.82, 2.24) is 4.90 Å². The van der Waals surface area contributed by atoms with Crippen molar-refractivity contribution in [2.24, 2.45) is 5.41 Å². The molecule has 98 valence electrons. The Hall–Kier alpha value is 0.100. The molecule has 1 heterocycles. The molecule has 0 radical (unpaired) electrons. The number of hydrogen-bond acceptors (Lipinski definition) is 3. The van der Waals surface area contributed by atoms with Gasteiger partial charge in [-0.3, -0.25) is 0 Å². The highest BCUT2D eigenvalue weighted by molar-refractivity contribution is 9.11. The van der Waals surface area contributed by atoms with Gasteiger partial charge in [-0.05, 0) is 51.8 Å².